The standard InChI is InChI=1S/C14H15S/c1-10-4-6-13(7-5-10)14-8-11(2)15-12(3)9-14/h4-9H,1-3H3/q+1. The third-order valence-electron chi connectivity index (χ3n) is 2.42. The van der Waals surface area contributed by atoms with Crippen LogP contribution in [0, 0.1) is 20.8 Å². The van der Waals surface area contributed by atoms with E-state index in [2.05, 4.69) is 57.2 Å². The zero-order chi connectivity index (χ0) is 10.8. The molecule has 0 saturated heterocycles. The molecule has 15 heavy (non-hydrogen) atoms. The van der Waals surface area contributed by atoms with E-state index in [-0.39, 0.29) is 0 Å². The lowest BCUT2D eigenvalue weighted by Gasteiger charge is -2.00. The number of hydrogen-bond acceptors (Lipinski definition) is 0. The lowest BCUT2D eigenvalue weighted by molar-refractivity contribution is 1.46. The average Bonchev–Trinajstić information content (AvgIpc) is 2.17. The van der Waals surface area contributed by atoms with Gasteiger partial charge in [-0.05, 0) is 18.1 Å². The summed E-state index contributed by atoms with van der Waals surface area (Å²) in [6, 6.07) is 13.2. The summed E-state index contributed by atoms with van der Waals surface area (Å²) in [5.74, 6) is 0. The molecule has 0 N–H and O–H groups in total. The minimum Gasteiger partial charge on any atom is -0.0587 e. The molecule has 1 heterocycles. The fraction of sp³-hybridized carbons (Fsp3) is 0.214. The Morgan fingerprint density at radius 3 is 1.80 bits per heavy atom. The van der Waals surface area contributed by atoms with Crippen LogP contribution in [0.1, 0.15) is 15.3 Å². The fourth-order valence-electron chi connectivity index (χ4n) is 1.71. The Labute approximate surface area is 95.2 Å². The first-order valence-corrected chi connectivity index (χ1v) is 5.95. The molecule has 0 nitrogen and oxygen atoms in total. The van der Waals surface area contributed by atoms with Crippen LogP contribution in [-0.2, 0) is 0 Å². The highest BCUT2D eigenvalue weighted by Crippen LogP contribution is 2.25. The first kappa shape index (κ1) is 10.3. The van der Waals surface area contributed by atoms with E-state index in [1.165, 1.54) is 26.4 Å². The largest absolute Gasteiger partial charge is 0.217 e. The van der Waals surface area contributed by atoms with Crippen molar-refractivity contribution in [2.75, 3.05) is 0 Å². The topological polar surface area (TPSA) is 0 Å². The molecule has 0 spiro atoms. The van der Waals surface area contributed by atoms with Crippen LogP contribution >= 0.6 is 11.3 Å². The van der Waals surface area contributed by atoms with Crippen molar-refractivity contribution in [3.8, 4) is 11.1 Å². The molecule has 1 heteroatoms. The molecule has 0 amide bonds. The molecule has 0 unspecified atom stereocenters. The van der Waals surface area contributed by atoms with Crippen LogP contribution in [0.4, 0.5) is 0 Å². The maximum absolute atomic E-state index is 2.25. The van der Waals surface area contributed by atoms with Gasteiger partial charge in [0.05, 0.1) is 0 Å². The summed E-state index contributed by atoms with van der Waals surface area (Å²) in [5.41, 5.74) is 3.94. The zero-order valence-electron chi connectivity index (χ0n) is 9.37. The van der Waals surface area contributed by atoms with Crippen LogP contribution in [-0.4, -0.2) is 0 Å². The first-order chi connectivity index (χ1) is 7.15. The van der Waals surface area contributed by atoms with Crippen molar-refractivity contribution < 1.29 is 0 Å². The van der Waals surface area contributed by atoms with Crippen LogP contribution in [0.3, 0.4) is 0 Å². The second kappa shape index (κ2) is 4.11. The van der Waals surface area contributed by atoms with E-state index >= 15 is 0 Å². The third kappa shape index (κ3) is 2.42. The average molecular weight is 215 g/mol. The predicted octanol–water partition coefficient (Wildman–Crippen LogP) is 4.62. The first-order valence-electron chi connectivity index (χ1n) is 5.13. The lowest BCUT2D eigenvalue weighted by Crippen LogP contribution is -1.80. The third-order valence-corrected chi connectivity index (χ3v) is 3.30. The van der Waals surface area contributed by atoms with Crippen LogP contribution in [0.5, 0.6) is 0 Å². The molecule has 0 bridgehead atoms. The second-order valence-corrected chi connectivity index (χ2v) is 5.43. The second-order valence-electron chi connectivity index (χ2n) is 3.93. The summed E-state index contributed by atoms with van der Waals surface area (Å²) in [6.07, 6.45) is 0. The van der Waals surface area contributed by atoms with E-state index in [1.54, 1.807) is 0 Å². The van der Waals surface area contributed by atoms with E-state index in [9.17, 15) is 0 Å². The summed E-state index contributed by atoms with van der Waals surface area (Å²) in [5, 5.41) is 0. The van der Waals surface area contributed by atoms with Crippen LogP contribution in [0.25, 0.3) is 11.1 Å². The van der Waals surface area contributed by atoms with Gasteiger partial charge < -0.3 is 0 Å². The minimum absolute atomic E-state index is 1.31. The summed E-state index contributed by atoms with van der Waals surface area (Å²) >= 11 is 1.84. The van der Waals surface area contributed by atoms with Crippen molar-refractivity contribution in [1.29, 1.82) is 0 Å². The Hall–Kier alpha value is -1.21. The van der Waals surface area contributed by atoms with Gasteiger partial charge in [-0.2, -0.15) is 0 Å². The summed E-state index contributed by atoms with van der Waals surface area (Å²) in [7, 11) is 0. The van der Waals surface area contributed by atoms with Gasteiger partial charge in [-0.1, -0.05) is 29.8 Å². The van der Waals surface area contributed by atoms with Crippen LogP contribution in [0.15, 0.2) is 36.4 Å². The van der Waals surface area contributed by atoms with E-state index in [4.69, 9.17) is 0 Å². The van der Waals surface area contributed by atoms with Gasteiger partial charge in [0.25, 0.3) is 0 Å². The molecule has 0 aliphatic rings. The Kier molecular flexibility index (Phi) is 2.83. The maximum Gasteiger partial charge on any atom is 0.217 e. The van der Waals surface area contributed by atoms with Gasteiger partial charge in [-0.15, -0.1) is 0 Å². The Balaban J connectivity index is 2.49. The van der Waals surface area contributed by atoms with Gasteiger partial charge in [0.1, 0.15) is 0 Å². The van der Waals surface area contributed by atoms with Crippen molar-refractivity contribution in [2.45, 2.75) is 20.8 Å². The smallest absolute Gasteiger partial charge is 0.0587 e. The molecule has 0 aliphatic carbocycles. The molecule has 76 valence electrons. The number of hydrogen-bond donors (Lipinski definition) is 0. The molecule has 0 fully saturated rings. The summed E-state index contributed by atoms with van der Waals surface area (Å²) in [4.78, 5) is 2.73. The van der Waals surface area contributed by atoms with Gasteiger partial charge in [0.2, 0.25) is 21.1 Å². The Morgan fingerprint density at radius 2 is 1.27 bits per heavy atom. The van der Waals surface area contributed by atoms with E-state index < -0.39 is 0 Å². The van der Waals surface area contributed by atoms with Gasteiger partial charge in [-0.25, -0.2) is 0 Å². The zero-order valence-corrected chi connectivity index (χ0v) is 10.2. The highest BCUT2D eigenvalue weighted by molar-refractivity contribution is 7.11. The Bertz CT molecular complexity index is 449. The molecule has 1 aromatic carbocycles. The molecular weight excluding hydrogens is 200 g/mol. The summed E-state index contributed by atoms with van der Waals surface area (Å²) in [6.45, 7) is 6.44. The molecule has 0 atom stereocenters. The van der Waals surface area contributed by atoms with Crippen LogP contribution < -0.4 is 0 Å². The Morgan fingerprint density at radius 1 is 0.733 bits per heavy atom. The predicted molar refractivity (Wildman–Crippen MR) is 68.4 cm³/mol. The SMILES string of the molecule is Cc1ccc(-c2cc(C)[s+]c(C)c2)cc1. The number of rotatable bonds is 1. The number of benzene rings is 1. The quantitative estimate of drug-likeness (QED) is 0.609. The molecule has 0 saturated carbocycles. The highest BCUT2D eigenvalue weighted by atomic mass is 32.1. The summed E-state index contributed by atoms with van der Waals surface area (Å²) < 4.78 is 0. The molecular formula is C14H15S+. The normalized spacial score (nSPS) is 10.3. The fourth-order valence-corrected chi connectivity index (χ4v) is 2.58. The molecule has 0 aliphatic heterocycles. The van der Waals surface area contributed by atoms with Crippen molar-refractivity contribution >= 4 is 11.3 Å². The van der Waals surface area contributed by atoms with Gasteiger partial charge in [0.15, 0.2) is 0 Å². The monoisotopic (exact) mass is 215 g/mol. The van der Waals surface area contributed by atoms with Crippen molar-refractivity contribution in [2.24, 2.45) is 0 Å². The van der Waals surface area contributed by atoms with Crippen molar-refractivity contribution in [3.63, 3.8) is 0 Å². The van der Waals surface area contributed by atoms with Gasteiger partial charge in [-0.3, -0.25) is 0 Å². The van der Waals surface area contributed by atoms with E-state index in [0.29, 0.717) is 0 Å². The van der Waals surface area contributed by atoms with Gasteiger partial charge >= 0.3 is 0 Å². The molecule has 1 aromatic heterocycles. The highest BCUT2D eigenvalue weighted by Gasteiger charge is 2.08. The number of aryl methyl sites for hydroxylation is 3. The van der Waals surface area contributed by atoms with Crippen LogP contribution in [0.2, 0.25) is 0 Å². The maximum atomic E-state index is 2.25. The van der Waals surface area contributed by atoms with E-state index in [1.807, 2.05) is 11.3 Å². The molecule has 2 aromatic rings. The molecule has 2 rings (SSSR count). The van der Waals surface area contributed by atoms with E-state index in [0.717, 1.165) is 0 Å². The van der Waals surface area contributed by atoms with Crippen molar-refractivity contribution in [3.05, 3.63) is 51.7 Å². The van der Waals surface area contributed by atoms with Gasteiger partial charge in [0, 0.05) is 26.0 Å². The lowest BCUT2D eigenvalue weighted by atomic mass is 10.1. The minimum atomic E-state index is 1.31. The van der Waals surface area contributed by atoms with Crippen molar-refractivity contribution in [1.82, 2.24) is 0 Å². The molecule has 0 radical (unpaired) electrons.